The number of hydrogen-bond donors (Lipinski definition) is 2. The van der Waals surface area contributed by atoms with E-state index in [1.807, 2.05) is 89.2 Å². The summed E-state index contributed by atoms with van der Waals surface area (Å²) in [6, 6.07) is 23.7. The number of nitrogens with zero attached hydrogens (tertiary/aromatic N) is 1. The predicted molar refractivity (Wildman–Crippen MR) is 228 cm³/mol. The van der Waals surface area contributed by atoms with Gasteiger partial charge in [-0.1, -0.05) is 99.2 Å². The van der Waals surface area contributed by atoms with Crippen LogP contribution in [0, 0.1) is 16.2 Å². The molecule has 0 aromatic heterocycles. The Morgan fingerprint density at radius 3 is 2.34 bits per heavy atom. The molecular weight excluding hydrogens is 780 g/mol. The molecule has 5 aliphatic rings. The molecule has 1 saturated heterocycles. The maximum atomic E-state index is 15.5. The van der Waals surface area contributed by atoms with Crippen LogP contribution in [0.4, 0.5) is 13.2 Å². The highest BCUT2D eigenvalue weighted by Gasteiger charge is 2.76. The quantitative estimate of drug-likeness (QED) is 0.109. The first kappa shape index (κ1) is 42.9. The maximum absolute atomic E-state index is 15.5. The zero-order valence-corrected chi connectivity index (χ0v) is 35.7. The molecule has 0 radical (unpaired) electrons. The lowest BCUT2D eigenvalue weighted by molar-refractivity contribution is -0.178. The fourth-order valence-corrected chi connectivity index (χ4v) is 11.3. The largest absolute Gasteiger partial charge is 0.448 e. The van der Waals surface area contributed by atoms with E-state index in [4.69, 9.17) is 4.74 Å². The highest BCUT2D eigenvalue weighted by atomic mass is 19.4. The van der Waals surface area contributed by atoms with Crippen LogP contribution in [0.2, 0.25) is 0 Å². The molecule has 61 heavy (non-hydrogen) atoms. The van der Waals surface area contributed by atoms with Gasteiger partial charge in [-0.2, -0.15) is 13.2 Å². The number of aliphatic hydroxyl groups excluding tert-OH is 1. The van der Waals surface area contributed by atoms with E-state index in [9.17, 15) is 33.0 Å². The number of allylic oxidation sites excluding steroid dienone is 2. The number of carbonyl (C=O) groups is 3. The van der Waals surface area contributed by atoms with Gasteiger partial charge in [0.2, 0.25) is 0 Å². The molecule has 4 aromatic carbocycles. The summed E-state index contributed by atoms with van der Waals surface area (Å²) in [4.78, 5) is 45.3. The monoisotopic (exact) mass is 835 g/mol. The van der Waals surface area contributed by atoms with Crippen molar-refractivity contribution in [1.82, 2.24) is 4.90 Å². The van der Waals surface area contributed by atoms with Crippen molar-refractivity contribution in [1.29, 1.82) is 0 Å². The summed E-state index contributed by atoms with van der Waals surface area (Å²) in [6.07, 6.45) is 0.760. The Morgan fingerprint density at radius 2 is 1.62 bits per heavy atom. The molecule has 3 fully saturated rings. The lowest BCUT2D eigenvalue weighted by Gasteiger charge is -2.47. The lowest BCUT2D eigenvalue weighted by atomic mass is 9.64. The molecule has 2 saturated carbocycles. The van der Waals surface area contributed by atoms with Crippen molar-refractivity contribution in [3.63, 3.8) is 0 Å². The molecule has 9 rings (SSSR count). The normalized spacial score (nSPS) is 29.8. The third-order valence-corrected chi connectivity index (χ3v) is 15.8. The first-order valence-electron chi connectivity index (χ1n) is 21.6. The van der Waals surface area contributed by atoms with Crippen LogP contribution in [-0.4, -0.2) is 56.6 Å². The fourth-order valence-electron chi connectivity index (χ4n) is 11.3. The molecule has 0 spiro atoms. The van der Waals surface area contributed by atoms with Crippen LogP contribution in [0.3, 0.4) is 0 Å². The van der Waals surface area contributed by atoms with Gasteiger partial charge in [0.1, 0.15) is 0 Å². The number of alkyl halides is 3. The van der Waals surface area contributed by atoms with E-state index in [0.717, 1.165) is 34.0 Å². The predicted octanol–water partition coefficient (Wildman–Crippen LogP) is 10.3. The summed E-state index contributed by atoms with van der Waals surface area (Å²) in [5.41, 5.74) is -3.12. The molecule has 1 aliphatic heterocycles. The van der Waals surface area contributed by atoms with Crippen LogP contribution in [0.15, 0.2) is 96.6 Å². The summed E-state index contributed by atoms with van der Waals surface area (Å²) in [6.45, 7) is 9.83. The van der Waals surface area contributed by atoms with Crippen molar-refractivity contribution in [2.75, 3.05) is 6.54 Å². The number of halogens is 3. The van der Waals surface area contributed by atoms with Crippen LogP contribution in [-0.2, 0) is 33.5 Å². The third-order valence-electron chi connectivity index (χ3n) is 15.8. The second kappa shape index (κ2) is 15.2. The standard InChI is InChI=1S/C51H56F3NO6/c1-32-11-10-23-47(4)42(40-21-19-33(27-38(56)20-18-32)28-41(40)43(57)35-14-9-16-37(29-35)51(52,53)54)22-24-49(47,60)31-55(30-36-15-8-13-34-12-6-7-17-39(34)36)44(58)50-26-25-48(5,45(59)61-50)46(50,2)3/h6-9,11-17,19,21,28-29,38,42,56,60H,10,18,20,22-27,30-31H2,1-5H3/t38-,42-,47-,48-,49+,50+/m0/s1. The summed E-state index contributed by atoms with van der Waals surface area (Å²) < 4.78 is 48.0. The first-order valence-corrected chi connectivity index (χ1v) is 21.6. The van der Waals surface area contributed by atoms with Gasteiger partial charge < -0.3 is 19.8 Å². The summed E-state index contributed by atoms with van der Waals surface area (Å²) in [5, 5.41) is 26.5. The Balaban J connectivity index is 1.25. The Morgan fingerprint density at radius 1 is 0.885 bits per heavy atom. The van der Waals surface area contributed by atoms with Crippen LogP contribution < -0.4 is 0 Å². The smallest absolute Gasteiger partial charge is 0.416 e. The molecule has 4 aliphatic carbocycles. The molecule has 1 heterocycles. The molecule has 2 N–H and O–H groups in total. The van der Waals surface area contributed by atoms with Gasteiger partial charge in [0.25, 0.3) is 5.91 Å². The number of ether oxygens (including phenoxy) is 1. The Hall–Kier alpha value is -4.80. The number of aliphatic hydroxyl groups is 2. The van der Waals surface area contributed by atoms with Crippen molar-refractivity contribution in [3.8, 4) is 0 Å². The molecular formula is C51H56F3NO6. The third kappa shape index (κ3) is 7.02. The van der Waals surface area contributed by atoms with Crippen molar-refractivity contribution < 1.29 is 42.5 Å². The number of rotatable bonds is 7. The van der Waals surface area contributed by atoms with Gasteiger partial charge in [-0.05, 0) is 123 Å². The zero-order valence-electron chi connectivity index (χ0n) is 35.7. The van der Waals surface area contributed by atoms with E-state index < -0.39 is 63.0 Å². The topological polar surface area (TPSA) is 104 Å². The number of esters is 1. The summed E-state index contributed by atoms with van der Waals surface area (Å²) >= 11 is 0. The SMILES string of the molecule is CC1=CCC[C@@]2(C)[C@@H](CC[C@@]2(O)CN(Cc2cccc3ccccc23)C(=O)[C@@]23CC[C@@](C)(C(=O)O2)C3(C)C)c2ccc(cc2C(=O)c2cccc(C(F)(F)F)c2)C[C@@H](O)CC1. The average Bonchev–Trinajstić information content (AvgIpc) is 3.66. The molecule has 322 valence electrons. The number of ketones is 1. The zero-order chi connectivity index (χ0) is 43.8. The Labute approximate surface area is 356 Å². The minimum Gasteiger partial charge on any atom is -0.448 e. The van der Waals surface area contributed by atoms with Crippen molar-refractivity contribution in [2.24, 2.45) is 16.2 Å². The number of carbonyl (C=O) groups excluding carboxylic acids is 3. The summed E-state index contributed by atoms with van der Waals surface area (Å²) in [7, 11) is 0. The first-order chi connectivity index (χ1) is 28.7. The van der Waals surface area contributed by atoms with Gasteiger partial charge in [0.15, 0.2) is 11.4 Å². The molecule has 10 heteroatoms. The molecule has 1 amide bonds. The minimum absolute atomic E-state index is 0.0853. The molecule has 7 nitrogen and oxygen atoms in total. The van der Waals surface area contributed by atoms with Gasteiger partial charge in [-0.15, -0.1) is 0 Å². The van der Waals surface area contributed by atoms with Gasteiger partial charge >= 0.3 is 12.1 Å². The average molecular weight is 836 g/mol. The van der Waals surface area contributed by atoms with Gasteiger partial charge in [-0.25, -0.2) is 0 Å². The molecule has 0 unspecified atom stereocenters. The van der Waals surface area contributed by atoms with Crippen molar-refractivity contribution >= 4 is 28.4 Å². The van der Waals surface area contributed by atoms with Crippen LogP contribution in [0.25, 0.3) is 10.8 Å². The van der Waals surface area contributed by atoms with E-state index in [0.29, 0.717) is 56.1 Å². The van der Waals surface area contributed by atoms with Gasteiger partial charge in [0, 0.05) is 28.5 Å². The molecule has 4 bridgehead atoms. The Bertz CT molecular complexity index is 2430. The van der Waals surface area contributed by atoms with Crippen molar-refractivity contribution in [2.45, 2.75) is 128 Å². The second-order valence-electron chi connectivity index (χ2n) is 19.3. The minimum atomic E-state index is -4.65. The fraction of sp³-hybridized carbons (Fsp3) is 0.471. The van der Waals surface area contributed by atoms with E-state index in [1.165, 1.54) is 12.1 Å². The van der Waals surface area contributed by atoms with Crippen molar-refractivity contribution in [3.05, 3.63) is 130 Å². The highest BCUT2D eigenvalue weighted by Crippen LogP contribution is 2.66. The Kier molecular flexibility index (Phi) is 10.7. The second-order valence-corrected chi connectivity index (χ2v) is 19.3. The number of amides is 1. The molecule has 4 aromatic rings. The van der Waals surface area contributed by atoms with Gasteiger partial charge in [0.05, 0.1) is 29.2 Å². The van der Waals surface area contributed by atoms with Gasteiger partial charge in [-0.3, -0.25) is 14.4 Å². The molecule has 6 atom stereocenters. The number of fused-ring (bicyclic) bond motifs is 11. The van der Waals surface area contributed by atoms with E-state index in [1.54, 1.807) is 11.0 Å². The number of hydrogen-bond acceptors (Lipinski definition) is 6. The highest BCUT2D eigenvalue weighted by molar-refractivity contribution is 6.10. The van der Waals surface area contributed by atoms with E-state index in [2.05, 4.69) is 6.08 Å². The summed E-state index contributed by atoms with van der Waals surface area (Å²) in [5.74, 6) is -1.75. The van der Waals surface area contributed by atoms with Crippen LogP contribution >= 0.6 is 0 Å². The lowest BCUT2D eigenvalue weighted by Crippen LogP contribution is -2.60. The van der Waals surface area contributed by atoms with Crippen LogP contribution in [0.5, 0.6) is 0 Å². The van der Waals surface area contributed by atoms with E-state index >= 15 is 4.79 Å². The van der Waals surface area contributed by atoms with E-state index in [-0.39, 0.29) is 43.0 Å². The maximum Gasteiger partial charge on any atom is 0.416 e. The van der Waals surface area contributed by atoms with Crippen LogP contribution in [0.1, 0.15) is 130 Å². The number of benzene rings is 4.